The average Bonchev–Trinajstić information content (AvgIpc) is 2.75. The van der Waals surface area contributed by atoms with Crippen molar-refractivity contribution in [1.82, 2.24) is 10.2 Å². The molecule has 1 N–H and O–H groups in total. The molecule has 2 rings (SSSR count). The maximum absolute atomic E-state index is 13.3. The molecule has 1 atom stereocenters. The van der Waals surface area contributed by atoms with E-state index in [4.69, 9.17) is 9.47 Å². The molecule has 0 aromatic heterocycles. The van der Waals surface area contributed by atoms with Crippen molar-refractivity contribution in [3.63, 3.8) is 0 Å². The van der Waals surface area contributed by atoms with Crippen LogP contribution in [0.2, 0.25) is 0 Å². The van der Waals surface area contributed by atoms with Crippen molar-refractivity contribution in [3.05, 3.63) is 35.9 Å². The molecule has 29 heavy (non-hydrogen) atoms. The fourth-order valence-corrected chi connectivity index (χ4v) is 3.30. The summed E-state index contributed by atoms with van der Waals surface area (Å²) >= 11 is 0. The number of amides is 3. The molecule has 1 aromatic rings. The van der Waals surface area contributed by atoms with E-state index in [0.29, 0.717) is 18.5 Å². The van der Waals surface area contributed by atoms with Crippen LogP contribution in [-0.4, -0.2) is 40.7 Å². The summed E-state index contributed by atoms with van der Waals surface area (Å²) in [7, 11) is 0. The molecule has 1 aromatic carbocycles. The second-order valence-electron chi connectivity index (χ2n) is 9.24. The lowest BCUT2D eigenvalue weighted by atomic mass is 9.83. The molecule has 160 valence electrons. The molecular formula is C22H32N2O5. The predicted molar refractivity (Wildman–Crippen MR) is 109 cm³/mol. The van der Waals surface area contributed by atoms with Gasteiger partial charge in [0.05, 0.1) is 0 Å². The Morgan fingerprint density at radius 2 is 1.45 bits per heavy atom. The third kappa shape index (κ3) is 5.49. The lowest BCUT2D eigenvalue weighted by molar-refractivity contribution is -0.134. The summed E-state index contributed by atoms with van der Waals surface area (Å²) in [5.74, 6) is -0.419. The molecule has 0 aliphatic carbocycles. The van der Waals surface area contributed by atoms with Crippen LogP contribution in [0.1, 0.15) is 66.4 Å². The van der Waals surface area contributed by atoms with Crippen molar-refractivity contribution in [2.45, 2.75) is 77.5 Å². The second kappa shape index (κ2) is 8.43. The van der Waals surface area contributed by atoms with Crippen molar-refractivity contribution in [3.8, 4) is 0 Å². The highest BCUT2D eigenvalue weighted by molar-refractivity contribution is 5.99. The lowest BCUT2D eigenvalue weighted by Crippen LogP contribution is -2.61. The molecule has 1 heterocycles. The first-order valence-corrected chi connectivity index (χ1v) is 9.97. The van der Waals surface area contributed by atoms with E-state index >= 15 is 0 Å². The summed E-state index contributed by atoms with van der Waals surface area (Å²) in [6, 6.07) is 8.85. The SMILES string of the molecule is CC(C)(C)OC(=O)N(C(=O)OC(C)(C)C)[C@]1(c2ccccc2)CCCCNC1=O. The van der Waals surface area contributed by atoms with Gasteiger partial charge in [-0.25, -0.2) is 9.59 Å². The average molecular weight is 405 g/mol. The van der Waals surface area contributed by atoms with Crippen molar-refractivity contribution in [2.24, 2.45) is 0 Å². The molecular weight excluding hydrogens is 372 g/mol. The zero-order valence-electron chi connectivity index (χ0n) is 18.2. The fraction of sp³-hybridized carbons (Fsp3) is 0.591. The predicted octanol–water partition coefficient (Wildman–Crippen LogP) is 4.35. The van der Waals surface area contributed by atoms with Gasteiger partial charge in [0.2, 0.25) is 0 Å². The van der Waals surface area contributed by atoms with Crippen LogP contribution in [-0.2, 0) is 19.8 Å². The van der Waals surface area contributed by atoms with Crippen molar-refractivity contribution in [1.29, 1.82) is 0 Å². The lowest BCUT2D eigenvalue weighted by Gasteiger charge is -2.41. The molecule has 1 aliphatic heterocycles. The van der Waals surface area contributed by atoms with Gasteiger partial charge in [-0.05, 0) is 66.4 Å². The zero-order chi connectivity index (χ0) is 21.9. The Bertz CT molecular complexity index is 721. The van der Waals surface area contributed by atoms with Gasteiger partial charge in [-0.1, -0.05) is 30.3 Å². The number of carbonyl (C=O) groups is 3. The minimum atomic E-state index is -1.55. The molecule has 1 aliphatic rings. The number of carbonyl (C=O) groups excluding carboxylic acids is 3. The minimum absolute atomic E-state index is 0.279. The fourth-order valence-electron chi connectivity index (χ4n) is 3.30. The Kier molecular flexibility index (Phi) is 6.60. The summed E-state index contributed by atoms with van der Waals surface area (Å²) in [6.45, 7) is 10.7. The van der Waals surface area contributed by atoms with Crippen LogP contribution < -0.4 is 5.32 Å². The number of benzene rings is 1. The molecule has 0 bridgehead atoms. The first-order valence-electron chi connectivity index (χ1n) is 9.97. The number of nitrogens with one attached hydrogen (secondary N) is 1. The van der Waals surface area contributed by atoms with E-state index in [2.05, 4.69) is 5.32 Å². The summed E-state index contributed by atoms with van der Waals surface area (Å²) in [5, 5.41) is 2.85. The topological polar surface area (TPSA) is 84.9 Å². The van der Waals surface area contributed by atoms with Crippen LogP contribution in [0.3, 0.4) is 0 Å². The van der Waals surface area contributed by atoms with Gasteiger partial charge in [-0.3, -0.25) is 4.79 Å². The molecule has 1 fully saturated rings. The Labute approximate surface area is 172 Å². The molecule has 7 heteroatoms. The highest BCUT2D eigenvalue weighted by Crippen LogP contribution is 2.38. The van der Waals surface area contributed by atoms with Crippen molar-refractivity contribution in [2.75, 3.05) is 6.54 Å². The van der Waals surface area contributed by atoms with Crippen LogP contribution >= 0.6 is 0 Å². The maximum atomic E-state index is 13.3. The quantitative estimate of drug-likeness (QED) is 0.792. The molecule has 3 amide bonds. The van der Waals surface area contributed by atoms with Crippen molar-refractivity contribution < 1.29 is 23.9 Å². The Balaban J connectivity index is 2.67. The van der Waals surface area contributed by atoms with Gasteiger partial charge in [0.25, 0.3) is 5.91 Å². The van der Waals surface area contributed by atoms with Gasteiger partial charge < -0.3 is 14.8 Å². The number of imide groups is 1. The van der Waals surface area contributed by atoms with Crippen LogP contribution in [0, 0.1) is 0 Å². The summed E-state index contributed by atoms with van der Waals surface area (Å²) < 4.78 is 11.1. The number of hydrogen-bond donors (Lipinski definition) is 1. The monoisotopic (exact) mass is 404 g/mol. The number of nitrogens with zero attached hydrogens (tertiary/aromatic N) is 1. The molecule has 0 unspecified atom stereocenters. The van der Waals surface area contributed by atoms with Crippen LogP contribution in [0.25, 0.3) is 0 Å². The first-order chi connectivity index (χ1) is 13.4. The number of ether oxygens (including phenoxy) is 2. The zero-order valence-corrected chi connectivity index (χ0v) is 18.2. The highest BCUT2D eigenvalue weighted by atomic mass is 16.6. The standard InChI is InChI=1S/C22H32N2O5/c1-20(2,3)28-18(26)24(19(27)29-21(4,5)6)22(16-12-8-7-9-13-16)14-10-11-15-23-17(22)25/h7-9,12-13H,10-11,14-15H2,1-6H3,(H,23,25)/t22-/m0/s1. The molecule has 7 nitrogen and oxygen atoms in total. The van der Waals surface area contributed by atoms with Gasteiger partial charge in [-0.2, -0.15) is 4.90 Å². The molecule has 0 saturated carbocycles. The molecule has 0 radical (unpaired) electrons. The minimum Gasteiger partial charge on any atom is -0.443 e. The second-order valence-corrected chi connectivity index (χ2v) is 9.24. The smallest absolute Gasteiger partial charge is 0.421 e. The van der Waals surface area contributed by atoms with Gasteiger partial charge >= 0.3 is 12.2 Å². The summed E-state index contributed by atoms with van der Waals surface area (Å²) in [5.41, 5.74) is -2.72. The van der Waals surface area contributed by atoms with E-state index < -0.39 is 34.8 Å². The summed E-state index contributed by atoms with van der Waals surface area (Å²) in [4.78, 5) is 40.7. The van der Waals surface area contributed by atoms with Crippen LogP contribution in [0.15, 0.2) is 30.3 Å². The van der Waals surface area contributed by atoms with Gasteiger partial charge in [0, 0.05) is 6.54 Å². The van der Waals surface area contributed by atoms with E-state index in [1.807, 2.05) is 6.07 Å². The van der Waals surface area contributed by atoms with Crippen LogP contribution in [0.5, 0.6) is 0 Å². The maximum Gasteiger partial charge on any atom is 0.421 e. The van der Waals surface area contributed by atoms with Crippen LogP contribution in [0.4, 0.5) is 9.59 Å². The Morgan fingerprint density at radius 3 is 1.93 bits per heavy atom. The van der Waals surface area contributed by atoms with Gasteiger partial charge in [0.15, 0.2) is 5.54 Å². The number of rotatable bonds is 2. The molecule has 1 saturated heterocycles. The van der Waals surface area contributed by atoms with Crippen molar-refractivity contribution >= 4 is 18.1 Å². The Morgan fingerprint density at radius 1 is 0.931 bits per heavy atom. The van der Waals surface area contributed by atoms with E-state index in [9.17, 15) is 14.4 Å². The normalized spacial score (nSPS) is 20.3. The van der Waals surface area contributed by atoms with E-state index in [1.54, 1.807) is 65.8 Å². The van der Waals surface area contributed by atoms with Gasteiger partial charge in [0.1, 0.15) is 11.2 Å². The third-order valence-electron chi connectivity index (χ3n) is 4.41. The first kappa shape index (κ1) is 22.7. The van der Waals surface area contributed by atoms with Gasteiger partial charge in [-0.15, -0.1) is 0 Å². The summed E-state index contributed by atoms with van der Waals surface area (Å²) in [6.07, 6.45) is -0.145. The Hall–Kier alpha value is -2.57. The third-order valence-corrected chi connectivity index (χ3v) is 4.41. The molecule has 0 spiro atoms. The number of hydrogen-bond acceptors (Lipinski definition) is 5. The largest absolute Gasteiger partial charge is 0.443 e. The van der Waals surface area contributed by atoms with E-state index in [-0.39, 0.29) is 6.42 Å². The van der Waals surface area contributed by atoms with E-state index in [1.165, 1.54) is 0 Å². The van der Waals surface area contributed by atoms with E-state index in [0.717, 1.165) is 11.3 Å². The highest BCUT2D eigenvalue weighted by Gasteiger charge is 2.54.